The number of carbonyl (C=O) groups excluding carboxylic acids is 2. The number of hydrogen-bond donors (Lipinski definition) is 1. The maximum atomic E-state index is 13.0. The van der Waals surface area contributed by atoms with E-state index in [4.69, 9.17) is 0 Å². The molecule has 0 saturated heterocycles. The second-order valence-corrected chi connectivity index (χ2v) is 6.64. The van der Waals surface area contributed by atoms with Gasteiger partial charge < -0.3 is 9.88 Å². The maximum absolute atomic E-state index is 13.0. The fraction of sp³-hybridized carbons (Fsp3) is 0.667. The van der Waals surface area contributed by atoms with Crippen molar-refractivity contribution in [3.63, 3.8) is 0 Å². The minimum absolute atomic E-state index is 0.0779. The topological polar surface area (TPSA) is 53.2 Å². The van der Waals surface area contributed by atoms with Crippen LogP contribution in [0.4, 0.5) is 0 Å². The molecule has 2 aliphatic rings. The Morgan fingerprint density at radius 3 is 2.55 bits per heavy atom. The fourth-order valence-corrected chi connectivity index (χ4v) is 4.09. The number of fused-ring (bicyclic) bond motifs is 1. The van der Waals surface area contributed by atoms with E-state index in [1.54, 1.807) is 0 Å². The normalized spacial score (nSPS) is 19.1. The number of hydrogen-bond acceptors (Lipinski definition) is 2. The van der Waals surface area contributed by atoms with E-state index in [0.717, 1.165) is 49.0 Å². The Balaban J connectivity index is 1.89. The van der Waals surface area contributed by atoms with Crippen molar-refractivity contribution in [1.29, 1.82) is 0 Å². The van der Waals surface area contributed by atoms with Crippen LogP contribution in [-0.2, 0) is 6.42 Å². The average molecular weight is 302 g/mol. The first kappa shape index (κ1) is 15.3. The van der Waals surface area contributed by atoms with Crippen molar-refractivity contribution in [2.45, 2.75) is 71.3 Å². The molecule has 22 heavy (non-hydrogen) atoms. The number of amides is 1. The second-order valence-electron chi connectivity index (χ2n) is 6.64. The molecule has 3 rings (SSSR count). The van der Waals surface area contributed by atoms with E-state index >= 15 is 0 Å². The van der Waals surface area contributed by atoms with E-state index in [9.17, 15) is 9.59 Å². The van der Waals surface area contributed by atoms with Crippen molar-refractivity contribution in [1.82, 2.24) is 9.88 Å². The summed E-state index contributed by atoms with van der Waals surface area (Å²) in [6, 6.07) is 0.363. The minimum Gasteiger partial charge on any atom is -0.354 e. The molecule has 0 spiro atoms. The lowest BCUT2D eigenvalue weighted by Gasteiger charge is -2.33. The Bertz CT molecular complexity index is 582. The average Bonchev–Trinajstić information content (AvgIpc) is 2.87. The zero-order chi connectivity index (χ0) is 15.7. The first-order valence-electron chi connectivity index (χ1n) is 8.69. The highest BCUT2D eigenvalue weighted by Crippen LogP contribution is 2.29. The van der Waals surface area contributed by atoms with Gasteiger partial charge in [-0.05, 0) is 45.1 Å². The summed E-state index contributed by atoms with van der Waals surface area (Å²) in [5, 5.41) is 0. The first-order chi connectivity index (χ1) is 10.6. The number of nitrogens with one attached hydrogen (secondary N) is 1. The van der Waals surface area contributed by atoms with Gasteiger partial charge in [-0.2, -0.15) is 0 Å². The molecule has 1 N–H and O–H groups in total. The molecular formula is C18H26N2O2. The van der Waals surface area contributed by atoms with Crippen LogP contribution < -0.4 is 0 Å². The van der Waals surface area contributed by atoms with Crippen LogP contribution in [-0.4, -0.2) is 34.2 Å². The molecule has 0 atom stereocenters. The lowest BCUT2D eigenvalue weighted by molar-refractivity contribution is 0.0641. The summed E-state index contributed by atoms with van der Waals surface area (Å²) >= 11 is 0. The van der Waals surface area contributed by atoms with E-state index < -0.39 is 0 Å². The Morgan fingerprint density at radius 2 is 1.91 bits per heavy atom. The number of aromatic nitrogens is 1. The number of ketones is 1. The van der Waals surface area contributed by atoms with Crippen LogP contribution >= 0.6 is 0 Å². The summed E-state index contributed by atoms with van der Waals surface area (Å²) in [6.45, 7) is 4.71. The van der Waals surface area contributed by atoms with E-state index in [1.807, 2.05) is 11.8 Å². The quantitative estimate of drug-likeness (QED) is 0.927. The molecule has 0 radical (unpaired) electrons. The van der Waals surface area contributed by atoms with Crippen molar-refractivity contribution in [2.24, 2.45) is 0 Å². The third-order valence-corrected chi connectivity index (χ3v) is 5.27. The van der Waals surface area contributed by atoms with Crippen LogP contribution in [0.3, 0.4) is 0 Å². The number of Topliss-reactive ketones (excluding diaryl/α,β-unsaturated/α-hetero) is 1. The maximum Gasteiger partial charge on any atom is 0.270 e. The SMILES string of the molecule is CCN(C(=O)c1[nH]c2c(c1C)C(=O)CCC2)C1CCCCC1. The molecule has 1 amide bonds. The van der Waals surface area contributed by atoms with Crippen LogP contribution in [0, 0.1) is 6.92 Å². The number of aromatic amines is 1. The van der Waals surface area contributed by atoms with Crippen LogP contribution in [0.15, 0.2) is 0 Å². The zero-order valence-corrected chi connectivity index (χ0v) is 13.7. The monoisotopic (exact) mass is 302 g/mol. The molecular weight excluding hydrogens is 276 g/mol. The van der Waals surface area contributed by atoms with Gasteiger partial charge in [0.05, 0.1) is 0 Å². The molecule has 120 valence electrons. The van der Waals surface area contributed by atoms with Crippen molar-refractivity contribution in [3.8, 4) is 0 Å². The molecule has 4 nitrogen and oxygen atoms in total. The molecule has 0 aliphatic heterocycles. The summed E-state index contributed by atoms with van der Waals surface area (Å²) < 4.78 is 0. The van der Waals surface area contributed by atoms with E-state index in [2.05, 4.69) is 11.9 Å². The van der Waals surface area contributed by atoms with Gasteiger partial charge in [0.25, 0.3) is 5.91 Å². The van der Waals surface area contributed by atoms with Crippen molar-refractivity contribution in [3.05, 3.63) is 22.5 Å². The number of carbonyl (C=O) groups is 2. The van der Waals surface area contributed by atoms with E-state index in [0.29, 0.717) is 18.2 Å². The highest BCUT2D eigenvalue weighted by molar-refractivity contribution is 6.04. The van der Waals surface area contributed by atoms with Crippen LogP contribution in [0.2, 0.25) is 0 Å². The van der Waals surface area contributed by atoms with Gasteiger partial charge in [-0.1, -0.05) is 19.3 Å². The molecule has 1 fully saturated rings. The summed E-state index contributed by atoms with van der Waals surface area (Å²) in [7, 11) is 0. The third kappa shape index (κ3) is 2.59. The molecule has 1 heterocycles. The lowest BCUT2D eigenvalue weighted by Crippen LogP contribution is -2.41. The number of rotatable bonds is 3. The highest BCUT2D eigenvalue weighted by atomic mass is 16.2. The van der Waals surface area contributed by atoms with Gasteiger partial charge in [-0.25, -0.2) is 0 Å². The molecule has 1 aromatic heterocycles. The Hall–Kier alpha value is -1.58. The summed E-state index contributed by atoms with van der Waals surface area (Å²) in [5.74, 6) is 0.267. The van der Waals surface area contributed by atoms with Gasteiger partial charge in [0.1, 0.15) is 5.69 Å². The van der Waals surface area contributed by atoms with Crippen molar-refractivity contribution < 1.29 is 9.59 Å². The number of H-pyrrole nitrogens is 1. The second kappa shape index (κ2) is 6.27. The van der Waals surface area contributed by atoms with Gasteiger partial charge in [0.15, 0.2) is 5.78 Å². The van der Waals surface area contributed by atoms with Gasteiger partial charge in [0, 0.05) is 30.3 Å². The molecule has 1 aromatic rings. The first-order valence-corrected chi connectivity index (χ1v) is 8.69. The number of nitrogens with zero attached hydrogens (tertiary/aromatic N) is 1. The Kier molecular flexibility index (Phi) is 4.37. The summed E-state index contributed by atoms with van der Waals surface area (Å²) in [6.07, 6.45) is 8.31. The fourth-order valence-electron chi connectivity index (χ4n) is 4.09. The Labute approximate surface area is 132 Å². The van der Waals surface area contributed by atoms with Crippen molar-refractivity contribution in [2.75, 3.05) is 6.54 Å². The van der Waals surface area contributed by atoms with Crippen LogP contribution in [0.25, 0.3) is 0 Å². The molecule has 0 unspecified atom stereocenters. The van der Waals surface area contributed by atoms with E-state index in [1.165, 1.54) is 19.3 Å². The minimum atomic E-state index is 0.0779. The summed E-state index contributed by atoms with van der Waals surface area (Å²) in [4.78, 5) is 30.4. The highest BCUT2D eigenvalue weighted by Gasteiger charge is 2.31. The molecule has 2 aliphatic carbocycles. The Morgan fingerprint density at radius 1 is 1.18 bits per heavy atom. The van der Waals surface area contributed by atoms with E-state index in [-0.39, 0.29) is 11.7 Å². The molecule has 0 bridgehead atoms. The number of aryl methyl sites for hydroxylation is 1. The van der Waals surface area contributed by atoms with Gasteiger partial charge in [-0.15, -0.1) is 0 Å². The summed E-state index contributed by atoms with van der Waals surface area (Å²) in [5.41, 5.74) is 3.26. The molecule has 4 heteroatoms. The lowest BCUT2D eigenvalue weighted by atomic mass is 9.92. The predicted molar refractivity (Wildman–Crippen MR) is 86.4 cm³/mol. The standard InChI is InChI=1S/C18H26N2O2/c1-3-20(13-8-5-4-6-9-13)18(22)17-12(2)16-14(19-17)10-7-11-15(16)21/h13,19H,3-11H2,1-2H3. The van der Waals surface area contributed by atoms with Gasteiger partial charge in [-0.3, -0.25) is 9.59 Å². The van der Waals surface area contributed by atoms with Crippen LogP contribution in [0.5, 0.6) is 0 Å². The van der Waals surface area contributed by atoms with Gasteiger partial charge >= 0.3 is 0 Å². The largest absolute Gasteiger partial charge is 0.354 e. The molecule has 0 aromatic carbocycles. The smallest absolute Gasteiger partial charge is 0.270 e. The van der Waals surface area contributed by atoms with Gasteiger partial charge in [0.2, 0.25) is 0 Å². The van der Waals surface area contributed by atoms with Crippen molar-refractivity contribution >= 4 is 11.7 Å². The third-order valence-electron chi connectivity index (χ3n) is 5.27. The zero-order valence-electron chi connectivity index (χ0n) is 13.7. The molecule has 1 saturated carbocycles. The predicted octanol–water partition coefficient (Wildman–Crippen LogP) is 3.64. The van der Waals surface area contributed by atoms with Crippen LogP contribution in [0.1, 0.15) is 84.0 Å².